The molecule has 1 unspecified atom stereocenters. The van der Waals surface area contributed by atoms with Gasteiger partial charge in [-0.25, -0.2) is 0 Å². The topological polar surface area (TPSA) is 15.3 Å². The van der Waals surface area contributed by atoms with Crippen LogP contribution in [0, 0.1) is 0 Å². The molecule has 0 bridgehead atoms. The van der Waals surface area contributed by atoms with Gasteiger partial charge in [0.15, 0.2) is 0 Å². The summed E-state index contributed by atoms with van der Waals surface area (Å²) in [5, 5.41) is 3.06. The second-order valence-electron chi connectivity index (χ2n) is 4.84. The largest absolute Gasteiger partial charge is 0.416 e. The first-order valence-electron chi connectivity index (χ1n) is 6.59. The molecule has 2 rings (SSSR count). The molecule has 106 valence electrons. The third-order valence-electron chi connectivity index (χ3n) is 3.71. The predicted octanol–water partition coefficient (Wildman–Crippen LogP) is 3.07. The average molecular weight is 272 g/mol. The number of nitrogens with one attached hydrogen (secondary N) is 1. The van der Waals surface area contributed by atoms with Crippen LogP contribution in [0.3, 0.4) is 0 Å². The van der Waals surface area contributed by atoms with Gasteiger partial charge in [0.2, 0.25) is 0 Å². The first-order chi connectivity index (χ1) is 8.99. The Morgan fingerprint density at radius 2 is 2.11 bits per heavy atom. The SMILES string of the molecule is CCN1c2cccc(C(F)(F)F)c2CC1CCNC. The number of alkyl halides is 3. The summed E-state index contributed by atoms with van der Waals surface area (Å²) in [5.74, 6) is 0. The maximum Gasteiger partial charge on any atom is 0.416 e. The van der Waals surface area contributed by atoms with E-state index in [-0.39, 0.29) is 6.04 Å². The lowest BCUT2D eigenvalue weighted by atomic mass is 10.0. The average Bonchev–Trinajstić information content (AvgIpc) is 2.71. The number of nitrogens with zero attached hydrogens (tertiary/aromatic N) is 1. The summed E-state index contributed by atoms with van der Waals surface area (Å²) < 4.78 is 39.1. The van der Waals surface area contributed by atoms with Crippen molar-refractivity contribution in [1.29, 1.82) is 0 Å². The molecule has 5 heteroatoms. The third-order valence-corrected chi connectivity index (χ3v) is 3.71. The molecular formula is C14H19F3N2. The first kappa shape index (κ1) is 14.2. The molecule has 0 saturated heterocycles. The van der Waals surface area contributed by atoms with Crippen LogP contribution >= 0.6 is 0 Å². The first-order valence-corrected chi connectivity index (χ1v) is 6.59. The summed E-state index contributed by atoms with van der Waals surface area (Å²) in [4.78, 5) is 2.09. The van der Waals surface area contributed by atoms with E-state index in [0.29, 0.717) is 12.0 Å². The van der Waals surface area contributed by atoms with Gasteiger partial charge in [0.05, 0.1) is 5.56 Å². The zero-order valence-corrected chi connectivity index (χ0v) is 11.2. The van der Waals surface area contributed by atoms with Crippen molar-refractivity contribution in [3.63, 3.8) is 0 Å². The minimum Gasteiger partial charge on any atom is -0.368 e. The van der Waals surface area contributed by atoms with Crippen LogP contribution in [0.15, 0.2) is 18.2 Å². The molecule has 0 fully saturated rings. The van der Waals surface area contributed by atoms with Crippen molar-refractivity contribution < 1.29 is 13.2 Å². The molecule has 1 aromatic carbocycles. The van der Waals surface area contributed by atoms with Gasteiger partial charge in [0.25, 0.3) is 0 Å². The van der Waals surface area contributed by atoms with Gasteiger partial charge in [0, 0.05) is 18.3 Å². The summed E-state index contributed by atoms with van der Waals surface area (Å²) in [7, 11) is 1.86. The molecule has 0 aliphatic carbocycles. The van der Waals surface area contributed by atoms with Crippen LogP contribution in [0.4, 0.5) is 18.9 Å². The Bertz CT molecular complexity index is 443. The van der Waals surface area contributed by atoms with Gasteiger partial charge in [-0.1, -0.05) is 6.07 Å². The molecule has 1 aromatic rings. The lowest BCUT2D eigenvalue weighted by Gasteiger charge is -2.26. The Kier molecular flexibility index (Phi) is 4.04. The fraction of sp³-hybridized carbons (Fsp3) is 0.571. The van der Waals surface area contributed by atoms with Gasteiger partial charge >= 0.3 is 6.18 Å². The van der Waals surface area contributed by atoms with Crippen LogP contribution in [-0.4, -0.2) is 26.2 Å². The number of hydrogen-bond donors (Lipinski definition) is 1. The second-order valence-corrected chi connectivity index (χ2v) is 4.84. The van der Waals surface area contributed by atoms with Crippen molar-refractivity contribution >= 4 is 5.69 Å². The van der Waals surface area contributed by atoms with Crippen LogP contribution in [-0.2, 0) is 12.6 Å². The smallest absolute Gasteiger partial charge is 0.368 e. The van der Waals surface area contributed by atoms with Gasteiger partial charge in [-0.2, -0.15) is 13.2 Å². The van der Waals surface area contributed by atoms with Crippen molar-refractivity contribution in [2.24, 2.45) is 0 Å². The number of hydrogen-bond acceptors (Lipinski definition) is 2. The van der Waals surface area contributed by atoms with Crippen molar-refractivity contribution in [2.75, 3.05) is 25.0 Å². The monoisotopic (exact) mass is 272 g/mol. The van der Waals surface area contributed by atoms with E-state index in [9.17, 15) is 13.2 Å². The highest BCUT2D eigenvalue weighted by Gasteiger charge is 2.38. The summed E-state index contributed by atoms with van der Waals surface area (Å²) in [6.45, 7) is 3.54. The molecule has 0 aromatic heterocycles. The summed E-state index contributed by atoms with van der Waals surface area (Å²) in [5.41, 5.74) is 0.729. The van der Waals surface area contributed by atoms with Gasteiger partial charge in [-0.05, 0) is 51.1 Å². The summed E-state index contributed by atoms with van der Waals surface area (Å²) in [6.07, 6.45) is -2.92. The highest BCUT2D eigenvalue weighted by Crippen LogP contribution is 2.41. The Balaban J connectivity index is 2.34. The number of halogens is 3. The maximum absolute atomic E-state index is 13.0. The fourth-order valence-corrected chi connectivity index (χ4v) is 2.86. The van der Waals surface area contributed by atoms with E-state index in [0.717, 1.165) is 25.2 Å². The molecule has 0 amide bonds. The quantitative estimate of drug-likeness (QED) is 0.906. The molecule has 0 radical (unpaired) electrons. The van der Waals surface area contributed by atoms with Gasteiger partial charge in [-0.15, -0.1) is 0 Å². The fourth-order valence-electron chi connectivity index (χ4n) is 2.86. The second kappa shape index (κ2) is 5.41. The van der Waals surface area contributed by atoms with Crippen LogP contribution < -0.4 is 10.2 Å². The number of rotatable bonds is 4. The predicted molar refractivity (Wildman–Crippen MR) is 70.5 cm³/mol. The normalized spacial score (nSPS) is 18.8. The zero-order valence-electron chi connectivity index (χ0n) is 11.2. The van der Waals surface area contributed by atoms with Crippen LogP contribution in [0.2, 0.25) is 0 Å². The van der Waals surface area contributed by atoms with E-state index in [4.69, 9.17) is 0 Å². The number of anilines is 1. The molecule has 1 atom stereocenters. The van der Waals surface area contributed by atoms with E-state index in [2.05, 4.69) is 10.2 Å². The highest BCUT2D eigenvalue weighted by atomic mass is 19.4. The molecule has 1 N–H and O–H groups in total. The van der Waals surface area contributed by atoms with Gasteiger partial charge < -0.3 is 10.2 Å². The number of likely N-dealkylation sites (N-methyl/N-ethyl adjacent to an activating group) is 1. The lowest BCUT2D eigenvalue weighted by Crippen LogP contribution is -2.33. The number of benzene rings is 1. The minimum atomic E-state index is -4.26. The van der Waals surface area contributed by atoms with Gasteiger partial charge in [0.1, 0.15) is 0 Å². The van der Waals surface area contributed by atoms with Crippen LogP contribution in [0.1, 0.15) is 24.5 Å². The van der Waals surface area contributed by atoms with Crippen molar-refractivity contribution in [1.82, 2.24) is 5.32 Å². The Morgan fingerprint density at radius 1 is 1.37 bits per heavy atom. The molecule has 1 aliphatic rings. The summed E-state index contributed by atoms with van der Waals surface area (Å²) >= 11 is 0. The highest BCUT2D eigenvalue weighted by molar-refractivity contribution is 5.62. The third kappa shape index (κ3) is 2.71. The molecule has 1 heterocycles. The zero-order chi connectivity index (χ0) is 14.0. The van der Waals surface area contributed by atoms with E-state index < -0.39 is 11.7 Å². The Hall–Kier alpha value is -1.23. The standard InChI is InChI=1S/C14H19F3N2/c1-3-19-10(7-8-18-2)9-11-12(14(15,16)17)5-4-6-13(11)19/h4-6,10,18H,3,7-9H2,1-2H3. The molecule has 2 nitrogen and oxygen atoms in total. The van der Waals surface area contributed by atoms with E-state index in [1.165, 1.54) is 12.1 Å². The Morgan fingerprint density at radius 3 is 2.68 bits per heavy atom. The van der Waals surface area contributed by atoms with Crippen molar-refractivity contribution in [3.8, 4) is 0 Å². The van der Waals surface area contributed by atoms with Crippen LogP contribution in [0.5, 0.6) is 0 Å². The van der Waals surface area contributed by atoms with Gasteiger partial charge in [-0.3, -0.25) is 0 Å². The maximum atomic E-state index is 13.0. The molecule has 0 saturated carbocycles. The molecule has 19 heavy (non-hydrogen) atoms. The minimum absolute atomic E-state index is 0.163. The Labute approximate surface area is 111 Å². The van der Waals surface area contributed by atoms with Crippen molar-refractivity contribution in [2.45, 2.75) is 32.0 Å². The van der Waals surface area contributed by atoms with E-state index >= 15 is 0 Å². The molecule has 0 spiro atoms. The van der Waals surface area contributed by atoms with Crippen LogP contribution in [0.25, 0.3) is 0 Å². The molecular weight excluding hydrogens is 253 g/mol. The van der Waals surface area contributed by atoms with Crippen molar-refractivity contribution in [3.05, 3.63) is 29.3 Å². The summed E-state index contributed by atoms with van der Waals surface area (Å²) in [6, 6.07) is 4.65. The molecule has 1 aliphatic heterocycles. The van der Waals surface area contributed by atoms with E-state index in [1.54, 1.807) is 6.07 Å². The lowest BCUT2D eigenvalue weighted by molar-refractivity contribution is -0.138. The number of fused-ring (bicyclic) bond motifs is 1. The van der Waals surface area contributed by atoms with E-state index in [1.807, 2.05) is 14.0 Å².